The predicted molar refractivity (Wildman–Crippen MR) is 86.0 cm³/mol. The molecule has 126 valence electrons. The molecule has 1 atom stereocenters. The first-order valence-corrected chi connectivity index (χ1v) is 9.27. The van der Waals surface area contributed by atoms with Gasteiger partial charge in [-0.15, -0.1) is 0 Å². The van der Waals surface area contributed by atoms with Crippen molar-refractivity contribution in [2.45, 2.75) is 24.3 Å². The van der Waals surface area contributed by atoms with Crippen LogP contribution in [0.25, 0.3) is 0 Å². The van der Waals surface area contributed by atoms with E-state index in [4.69, 9.17) is 4.74 Å². The van der Waals surface area contributed by atoms with Crippen molar-refractivity contribution in [3.63, 3.8) is 0 Å². The normalized spacial score (nSPS) is 21.3. The van der Waals surface area contributed by atoms with E-state index in [2.05, 4.69) is 10.0 Å². The summed E-state index contributed by atoms with van der Waals surface area (Å²) in [5, 5.41) is 3.14. The first-order chi connectivity index (χ1) is 11.0. The van der Waals surface area contributed by atoms with Crippen LogP contribution in [0.1, 0.15) is 12.5 Å². The molecular weight excluding hydrogens is 318 g/mol. The quantitative estimate of drug-likeness (QED) is 0.797. The molecule has 2 aliphatic heterocycles. The summed E-state index contributed by atoms with van der Waals surface area (Å²) in [4.78, 5) is 14.5. The van der Waals surface area contributed by atoms with Gasteiger partial charge in [0.25, 0.3) is 5.91 Å². The fraction of sp³-hybridized carbons (Fsp3) is 0.533. The summed E-state index contributed by atoms with van der Waals surface area (Å²) >= 11 is 0. The minimum absolute atomic E-state index is 0.117. The minimum Gasteiger partial charge on any atom is -0.366 e. The van der Waals surface area contributed by atoms with Crippen LogP contribution in [0, 0.1) is 0 Å². The molecule has 1 aromatic rings. The molecule has 8 heteroatoms. The third-order valence-electron chi connectivity index (χ3n) is 4.07. The van der Waals surface area contributed by atoms with Crippen molar-refractivity contribution >= 4 is 21.6 Å². The first kappa shape index (κ1) is 16.4. The molecule has 2 aliphatic rings. The van der Waals surface area contributed by atoms with Crippen molar-refractivity contribution in [2.24, 2.45) is 0 Å². The lowest BCUT2D eigenvalue weighted by molar-refractivity contribution is -0.131. The van der Waals surface area contributed by atoms with Gasteiger partial charge in [0, 0.05) is 31.9 Å². The van der Waals surface area contributed by atoms with E-state index in [1.165, 1.54) is 0 Å². The minimum atomic E-state index is -3.54. The molecule has 1 fully saturated rings. The summed E-state index contributed by atoms with van der Waals surface area (Å²) < 4.78 is 32.3. The molecule has 0 aliphatic carbocycles. The predicted octanol–water partition coefficient (Wildman–Crippen LogP) is -0.138. The van der Waals surface area contributed by atoms with Gasteiger partial charge in [-0.2, -0.15) is 0 Å². The number of hydrogen-bond donors (Lipinski definition) is 2. The van der Waals surface area contributed by atoms with E-state index in [1.54, 1.807) is 30.0 Å². The van der Waals surface area contributed by atoms with E-state index in [1.807, 2.05) is 0 Å². The number of morpholine rings is 1. The summed E-state index contributed by atoms with van der Waals surface area (Å²) in [6.07, 6.45) is 0.215. The number of benzene rings is 1. The van der Waals surface area contributed by atoms with Crippen LogP contribution in [0.5, 0.6) is 0 Å². The van der Waals surface area contributed by atoms with Crippen LogP contribution in [0.2, 0.25) is 0 Å². The Morgan fingerprint density at radius 3 is 3.00 bits per heavy atom. The summed E-state index contributed by atoms with van der Waals surface area (Å²) in [5.74, 6) is -0.117. The number of fused-ring (bicyclic) bond motifs is 1. The van der Waals surface area contributed by atoms with Crippen molar-refractivity contribution in [1.29, 1.82) is 0 Å². The van der Waals surface area contributed by atoms with Crippen molar-refractivity contribution in [3.8, 4) is 0 Å². The van der Waals surface area contributed by atoms with Crippen LogP contribution < -0.4 is 14.9 Å². The zero-order valence-corrected chi connectivity index (χ0v) is 13.9. The second-order valence-electron chi connectivity index (χ2n) is 5.60. The van der Waals surface area contributed by atoms with Gasteiger partial charge in [0.1, 0.15) is 6.10 Å². The van der Waals surface area contributed by atoms with Crippen LogP contribution in [0.4, 0.5) is 5.69 Å². The lowest BCUT2D eigenvalue weighted by Gasteiger charge is -2.27. The topological polar surface area (TPSA) is 87.7 Å². The zero-order valence-electron chi connectivity index (χ0n) is 13.0. The number of nitrogens with one attached hydrogen (secondary N) is 2. The van der Waals surface area contributed by atoms with Crippen molar-refractivity contribution in [1.82, 2.24) is 10.0 Å². The maximum Gasteiger partial charge on any atom is 0.257 e. The molecule has 0 bridgehead atoms. The molecule has 0 radical (unpaired) electrons. The Balaban J connectivity index is 1.87. The zero-order chi connectivity index (χ0) is 16.4. The second kappa shape index (κ2) is 6.56. The monoisotopic (exact) mass is 339 g/mol. The standard InChI is InChI=1S/C15H21N3O4S/c1-2-17-23(20,21)12-4-3-11-5-7-18(13(11)9-12)15(19)14-10-16-6-8-22-14/h3-4,9,14,16-17H,2,5-8,10H2,1H3. The number of carbonyl (C=O) groups is 1. The van der Waals surface area contributed by atoms with E-state index in [-0.39, 0.29) is 10.8 Å². The highest BCUT2D eigenvalue weighted by molar-refractivity contribution is 7.89. The fourth-order valence-corrected chi connectivity index (χ4v) is 3.99. The SMILES string of the molecule is CCNS(=O)(=O)c1ccc2c(c1)N(C(=O)C1CNCCO1)CC2. The molecule has 0 aromatic heterocycles. The van der Waals surface area contributed by atoms with Gasteiger partial charge in [-0.3, -0.25) is 4.79 Å². The van der Waals surface area contributed by atoms with Crippen LogP contribution in [0.15, 0.2) is 23.1 Å². The van der Waals surface area contributed by atoms with Crippen LogP contribution >= 0.6 is 0 Å². The number of rotatable bonds is 4. The van der Waals surface area contributed by atoms with E-state index in [0.29, 0.717) is 31.9 Å². The Kier molecular flexibility index (Phi) is 4.67. The van der Waals surface area contributed by atoms with Gasteiger partial charge in [-0.05, 0) is 24.1 Å². The van der Waals surface area contributed by atoms with Gasteiger partial charge < -0.3 is 15.0 Å². The number of ether oxygens (including phenoxy) is 1. The maximum atomic E-state index is 12.6. The van der Waals surface area contributed by atoms with Crippen molar-refractivity contribution < 1.29 is 17.9 Å². The third kappa shape index (κ3) is 3.25. The maximum absolute atomic E-state index is 12.6. The lowest BCUT2D eigenvalue weighted by Crippen LogP contribution is -2.49. The van der Waals surface area contributed by atoms with Crippen LogP contribution in [-0.4, -0.2) is 53.2 Å². The molecule has 0 saturated carbocycles. The van der Waals surface area contributed by atoms with Gasteiger partial charge in [-0.1, -0.05) is 13.0 Å². The Bertz CT molecular complexity index is 699. The van der Waals surface area contributed by atoms with Crippen LogP contribution in [-0.2, 0) is 26.0 Å². The Hall–Kier alpha value is -1.48. The number of anilines is 1. The van der Waals surface area contributed by atoms with Gasteiger partial charge in [0.05, 0.1) is 11.5 Å². The molecule has 2 heterocycles. The second-order valence-corrected chi connectivity index (χ2v) is 7.36. The smallest absolute Gasteiger partial charge is 0.257 e. The molecule has 1 saturated heterocycles. The number of hydrogen-bond acceptors (Lipinski definition) is 5. The fourth-order valence-electron chi connectivity index (χ4n) is 2.93. The molecule has 1 amide bonds. The average molecular weight is 339 g/mol. The first-order valence-electron chi connectivity index (χ1n) is 7.79. The Morgan fingerprint density at radius 2 is 2.30 bits per heavy atom. The molecule has 3 rings (SSSR count). The molecule has 1 unspecified atom stereocenters. The molecular formula is C15H21N3O4S. The van der Waals surface area contributed by atoms with Crippen LogP contribution in [0.3, 0.4) is 0 Å². The number of nitrogens with zero attached hydrogens (tertiary/aromatic N) is 1. The highest BCUT2D eigenvalue weighted by Crippen LogP contribution is 2.31. The molecule has 0 spiro atoms. The Labute approximate surface area is 136 Å². The highest BCUT2D eigenvalue weighted by Gasteiger charge is 2.32. The molecule has 2 N–H and O–H groups in total. The van der Waals surface area contributed by atoms with E-state index in [0.717, 1.165) is 18.5 Å². The number of sulfonamides is 1. The largest absolute Gasteiger partial charge is 0.366 e. The third-order valence-corrected chi connectivity index (χ3v) is 5.61. The average Bonchev–Trinajstić information content (AvgIpc) is 2.98. The summed E-state index contributed by atoms with van der Waals surface area (Å²) in [6.45, 7) is 4.34. The molecule has 7 nitrogen and oxygen atoms in total. The van der Waals surface area contributed by atoms with Gasteiger partial charge >= 0.3 is 0 Å². The van der Waals surface area contributed by atoms with Gasteiger partial charge in [-0.25, -0.2) is 13.1 Å². The highest BCUT2D eigenvalue weighted by atomic mass is 32.2. The van der Waals surface area contributed by atoms with E-state index >= 15 is 0 Å². The van der Waals surface area contributed by atoms with Crippen molar-refractivity contribution in [2.75, 3.05) is 37.7 Å². The number of carbonyl (C=O) groups excluding carboxylic acids is 1. The molecule has 23 heavy (non-hydrogen) atoms. The molecule has 1 aromatic carbocycles. The number of amides is 1. The van der Waals surface area contributed by atoms with Gasteiger partial charge in [0.2, 0.25) is 10.0 Å². The summed E-state index contributed by atoms with van der Waals surface area (Å²) in [7, 11) is -3.54. The van der Waals surface area contributed by atoms with E-state index in [9.17, 15) is 13.2 Å². The van der Waals surface area contributed by atoms with Crippen molar-refractivity contribution in [3.05, 3.63) is 23.8 Å². The van der Waals surface area contributed by atoms with Gasteiger partial charge in [0.15, 0.2) is 0 Å². The summed E-state index contributed by atoms with van der Waals surface area (Å²) in [5.41, 5.74) is 1.65. The Morgan fingerprint density at radius 1 is 1.48 bits per heavy atom. The van der Waals surface area contributed by atoms with E-state index < -0.39 is 16.1 Å². The lowest BCUT2D eigenvalue weighted by atomic mass is 10.2. The summed E-state index contributed by atoms with van der Waals surface area (Å²) in [6, 6.07) is 4.95.